The Morgan fingerprint density at radius 2 is 1.88 bits per heavy atom. The molecule has 1 aromatic rings. The molecule has 0 aromatic heterocycles. The van der Waals surface area contributed by atoms with E-state index in [0.29, 0.717) is 5.88 Å². The van der Waals surface area contributed by atoms with Crippen molar-refractivity contribution in [3.05, 3.63) is 28.8 Å². The van der Waals surface area contributed by atoms with E-state index in [1.165, 1.54) is 43.6 Å². The lowest BCUT2D eigenvalue weighted by Crippen LogP contribution is -2.21. The monoisotopic (exact) mass is 269 g/mol. The Labute approximate surface area is 113 Å². The molecule has 1 aromatic carbocycles. The molecule has 1 aliphatic carbocycles. The highest BCUT2D eigenvalue weighted by Crippen LogP contribution is 2.40. The van der Waals surface area contributed by atoms with E-state index in [-0.39, 0.29) is 0 Å². The maximum absolute atomic E-state index is 6.02. The first kappa shape index (κ1) is 11.7. The molecule has 3 heteroatoms. The molecule has 1 nitrogen and oxygen atoms in total. The minimum atomic E-state index is 0.543. The lowest BCUT2D eigenvalue weighted by molar-refractivity contribution is 0.494. The number of benzene rings is 1. The summed E-state index contributed by atoms with van der Waals surface area (Å²) < 4.78 is 0. The molecule has 2 atom stereocenters. The van der Waals surface area contributed by atoms with Gasteiger partial charge in [0.2, 0.25) is 0 Å². The molecule has 1 heterocycles. The number of halogens is 2. The van der Waals surface area contributed by atoms with Gasteiger partial charge in [-0.1, -0.05) is 18.0 Å². The van der Waals surface area contributed by atoms with Gasteiger partial charge < -0.3 is 4.90 Å². The van der Waals surface area contributed by atoms with Crippen LogP contribution in [0.3, 0.4) is 0 Å². The summed E-state index contributed by atoms with van der Waals surface area (Å²) >= 11 is 12.0. The Kier molecular flexibility index (Phi) is 3.23. The maximum atomic E-state index is 6.02. The second-order valence-electron chi connectivity index (χ2n) is 5.26. The van der Waals surface area contributed by atoms with Crippen LogP contribution < -0.4 is 4.90 Å². The molecule has 2 unspecified atom stereocenters. The second-order valence-corrected chi connectivity index (χ2v) is 5.97. The van der Waals surface area contributed by atoms with E-state index in [4.69, 9.17) is 23.2 Å². The van der Waals surface area contributed by atoms with Crippen molar-refractivity contribution in [2.45, 2.75) is 25.1 Å². The molecule has 1 saturated carbocycles. The maximum Gasteiger partial charge on any atom is 0.0495 e. The zero-order valence-corrected chi connectivity index (χ0v) is 11.3. The zero-order chi connectivity index (χ0) is 11.8. The molecule has 0 radical (unpaired) electrons. The number of hydrogen-bond acceptors (Lipinski definition) is 1. The van der Waals surface area contributed by atoms with Gasteiger partial charge in [0, 0.05) is 29.7 Å². The highest BCUT2D eigenvalue weighted by atomic mass is 35.5. The van der Waals surface area contributed by atoms with Crippen molar-refractivity contribution in [1.29, 1.82) is 0 Å². The molecule has 1 aliphatic heterocycles. The lowest BCUT2D eigenvalue weighted by Gasteiger charge is -2.22. The zero-order valence-electron chi connectivity index (χ0n) is 9.83. The van der Waals surface area contributed by atoms with Gasteiger partial charge in [0.15, 0.2) is 0 Å². The minimum Gasteiger partial charge on any atom is -0.371 e. The normalized spacial score (nSPS) is 27.5. The SMILES string of the molecule is ClCc1cc(Cl)ccc1N1CC2CCCC2C1. The van der Waals surface area contributed by atoms with Crippen LogP contribution in [0.1, 0.15) is 24.8 Å². The van der Waals surface area contributed by atoms with Gasteiger partial charge in [-0.2, -0.15) is 0 Å². The molecule has 0 N–H and O–H groups in total. The van der Waals surface area contributed by atoms with Crippen molar-refractivity contribution in [2.24, 2.45) is 11.8 Å². The standard InChI is InChI=1S/C14H17Cl2N/c15-7-12-6-13(16)4-5-14(12)17-8-10-2-1-3-11(10)9-17/h4-6,10-11H,1-3,7-9H2. The first-order valence-electron chi connectivity index (χ1n) is 6.37. The fourth-order valence-corrected chi connectivity index (χ4v) is 3.81. The Morgan fingerprint density at radius 3 is 2.53 bits per heavy atom. The van der Waals surface area contributed by atoms with Crippen LogP contribution in [0.15, 0.2) is 18.2 Å². The third-order valence-corrected chi connectivity index (χ3v) is 4.78. The molecule has 2 fully saturated rings. The number of alkyl halides is 1. The van der Waals surface area contributed by atoms with Gasteiger partial charge in [0.05, 0.1) is 0 Å². The molecule has 3 rings (SSSR count). The Morgan fingerprint density at radius 1 is 1.18 bits per heavy atom. The van der Waals surface area contributed by atoms with E-state index in [1.54, 1.807) is 0 Å². The highest BCUT2D eigenvalue weighted by Gasteiger charge is 2.36. The summed E-state index contributed by atoms with van der Waals surface area (Å²) in [5.41, 5.74) is 2.46. The van der Waals surface area contributed by atoms with Crippen LogP contribution >= 0.6 is 23.2 Å². The number of fused-ring (bicyclic) bond motifs is 1. The van der Waals surface area contributed by atoms with Crippen LogP contribution in [-0.2, 0) is 5.88 Å². The molecule has 92 valence electrons. The van der Waals surface area contributed by atoms with Crippen LogP contribution in [0.5, 0.6) is 0 Å². The quantitative estimate of drug-likeness (QED) is 0.723. The largest absolute Gasteiger partial charge is 0.371 e. The summed E-state index contributed by atoms with van der Waals surface area (Å²) in [6.07, 6.45) is 4.24. The summed E-state index contributed by atoms with van der Waals surface area (Å²) in [4.78, 5) is 2.50. The topological polar surface area (TPSA) is 3.24 Å². The van der Waals surface area contributed by atoms with Gasteiger partial charge >= 0.3 is 0 Å². The van der Waals surface area contributed by atoms with E-state index >= 15 is 0 Å². The van der Waals surface area contributed by atoms with Crippen LogP contribution in [0.4, 0.5) is 5.69 Å². The summed E-state index contributed by atoms with van der Waals surface area (Å²) in [5, 5.41) is 0.781. The van der Waals surface area contributed by atoms with E-state index in [9.17, 15) is 0 Å². The molecule has 0 amide bonds. The van der Waals surface area contributed by atoms with Gasteiger partial charge in [-0.05, 0) is 48.4 Å². The van der Waals surface area contributed by atoms with E-state index in [0.717, 1.165) is 16.9 Å². The van der Waals surface area contributed by atoms with Crippen LogP contribution in [0.25, 0.3) is 0 Å². The predicted molar refractivity (Wildman–Crippen MR) is 74.1 cm³/mol. The third-order valence-electron chi connectivity index (χ3n) is 4.25. The third kappa shape index (κ3) is 2.15. The molecule has 2 aliphatic rings. The Hall–Kier alpha value is -0.400. The number of rotatable bonds is 2. The van der Waals surface area contributed by atoms with Gasteiger partial charge in [-0.15, -0.1) is 11.6 Å². The van der Waals surface area contributed by atoms with Gasteiger partial charge in [0.1, 0.15) is 0 Å². The summed E-state index contributed by atoms with van der Waals surface area (Å²) in [5.74, 6) is 2.37. The average molecular weight is 270 g/mol. The van der Waals surface area contributed by atoms with Crippen molar-refractivity contribution in [2.75, 3.05) is 18.0 Å². The highest BCUT2D eigenvalue weighted by molar-refractivity contribution is 6.30. The molecular formula is C14H17Cl2N. The minimum absolute atomic E-state index is 0.543. The lowest BCUT2D eigenvalue weighted by atomic mass is 10.0. The van der Waals surface area contributed by atoms with Crippen molar-refractivity contribution in [3.63, 3.8) is 0 Å². The fraction of sp³-hybridized carbons (Fsp3) is 0.571. The summed E-state index contributed by atoms with van der Waals surface area (Å²) in [6.45, 7) is 2.41. The van der Waals surface area contributed by atoms with E-state index in [2.05, 4.69) is 11.0 Å². The molecule has 1 saturated heterocycles. The molecule has 0 spiro atoms. The van der Waals surface area contributed by atoms with Crippen LogP contribution in [0.2, 0.25) is 5.02 Å². The number of anilines is 1. The molecular weight excluding hydrogens is 253 g/mol. The van der Waals surface area contributed by atoms with Crippen molar-refractivity contribution >= 4 is 28.9 Å². The van der Waals surface area contributed by atoms with Crippen molar-refractivity contribution < 1.29 is 0 Å². The first-order valence-corrected chi connectivity index (χ1v) is 7.28. The number of hydrogen-bond donors (Lipinski definition) is 0. The van der Waals surface area contributed by atoms with Gasteiger partial charge in [-0.25, -0.2) is 0 Å². The van der Waals surface area contributed by atoms with Crippen LogP contribution in [-0.4, -0.2) is 13.1 Å². The van der Waals surface area contributed by atoms with E-state index < -0.39 is 0 Å². The molecule has 17 heavy (non-hydrogen) atoms. The van der Waals surface area contributed by atoms with Crippen LogP contribution in [0, 0.1) is 11.8 Å². The summed E-state index contributed by atoms with van der Waals surface area (Å²) in [6, 6.07) is 6.10. The van der Waals surface area contributed by atoms with Crippen molar-refractivity contribution in [1.82, 2.24) is 0 Å². The number of nitrogens with zero attached hydrogens (tertiary/aromatic N) is 1. The fourth-order valence-electron chi connectivity index (χ4n) is 3.40. The Balaban J connectivity index is 1.85. The summed E-state index contributed by atoms with van der Waals surface area (Å²) in [7, 11) is 0. The van der Waals surface area contributed by atoms with E-state index in [1.807, 2.05) is 12.1 Å². The second kappa shape index (κ2) is 4.70. The average Bonchev–Trinajstić information content (AvgIpc) is 2.89. The van der Waals surface area contributed by atoms with Gasteiger partial charge in [0.25, 0.3) is 0 Å². The van der Waals surface area contributed by atoms with Crippen molar-refractivity contribution in [3.8, 4) is 0 Å². The first-order chi connectivity index (χ1) is 8.28. The predicted octanol–water partition coefficient (Wildman–Crippen LogP) is 4.32. The van der Waals surface area contributed by atoms with Gasteiger partial charge in [-0.3, -0.25) is 0 Å². The Bertz CT molecular complexity index is 407. The molecule has 0 bridgehead atoms. The smallest absolute Gasteiger partial charge is 0.0495 e.